The number of carbonyl (C=O) groups is 1. The van der Waals surface area contributed by atoms with E-state index in [9.17, 15) is 4.79 Å². The maximum Gasteiger partial charge on any atom is 0.227 e. The molecular weight excluding hydrogens is 371 g/mol. The molecule has 1 aromatic rings. The number of nitrogens with two attached hydrogens (primary N) is 1. The van der Waals surface area contributed by atoms with Crippen molar-refractivity contribution in [1.82, 2.24) is 5.32 Å². The molecule has 0 unspecified atom stereocenters. The van der Waals surface area contributed by atoms with Crippen molar-refractivity contribution >= 4 is 29.9 Å². The van der Waals surface area contributed by atoms with Crippen molar-refractivity contribution in [2.24, 2.45) is 11.1 Å². The Labute approximate surface area is 167 Å². The van der Waals surface area contributed by atoms with Crippen molar-refractivity contribution in [2.75, 3.05) is 26.3 Å². The molecule has 2 aliphatic rings. The van der Waals surface area contributed by atoms with E-state index in [1.165, 1.54) is 24.8 Å². The predicted octanol–water partition coefficient (Wildman–Crippen LogP) is 3.84. The fourth-order valence-electron chi connectivity index (χ4n) is 4.32. The van der Waals surface area contributed by atoms with Crippen molar-refractivity contribution in [1.29, 1.82) is 0 Å². The molecule has 2 fully saturated rings. The van der Waals surface area contributed by atoms with Crippen LogP contribution in [0.4, 0.5) is 0 Å². The van der Waals surface area contributed by atoms with Crippen molar-refractivity contribution in [3.8, 4) is 0 Å². The summed E-state index contributed by atoms with van der Waals surface area (Å²) in [6.07, 6.45) is 7.31. The van der Waals surface area contributed by atoms with E-state index in [4.69, 9.17) is 22.1 Å². The van der Waals surface area contributed by atoms with Gasteiger partial charge in [0.2, 0.25) is 5.91 Å². The summed E-state index contributed by atoms with van der Waals surface area (Å²) < 4.78 is 5.42. The number of amides is 1. The van der Waals surface area contributed by atoms with Gasteiger partial charge >= 0.3 is 0 Å². The van der Waals surface area contributed by atoms with Crippen molar-refractivity contribution in [3.05, 3.63) is 34.9 Å². The van der Waals surface area contributed by atoms with E-state index in [2.05, 4.69) is 17.4 Å². The first-order valence-electron chi connectivity index (χ1n) is 9.42. The van der Waals surface area contributed by atoms with E-state index in [1.54, 1.807) is 0 Å². The Bertz CT molecular complexity index is 580. The molecule has 3 N–H and O–H groups in total. The first-order valence-corrected chi connectivity index (χ1v) is 9.80. The summed E-state index contributed by atoms with van der Waals surface area (Å²) in [6.45, 7) is 2.30. The molecule has 1 aromatic carbocycles. The van der Waals surface area contributed by atoms with Crippen LogP contribution < -0.4 is 11.1 Å². The summed E-state index contributed by atoms with van der Waals surface area (Å²) in [7, 11) is 0. The summed E-state index contributed by atoms with van der Waals surface area (Å²) >= 11 is 6.07. The van der Waals surface area contributed by atoms with E-state index in [1.807, 2.05) is 12.1 Å². The van der Waals surface area contributed by atoms with Crippen LogP contribution >= 0.6 is 24.0 Å². The lowest BCUT2D eigenvalue weighted by molar-refractivity contribution is -0.136. The quantitative estimate of drug-likeness (QED) is 0.788. The molecule has 146 valence electrons. The largest absolute Gasteiger partial charge is 0.381 e. The summed E-state index contributed by atoms with van der Waals surface area (Å²) in [5, 5.41) is 4.01. The Hall–Kier alpha value is -0.810. The molecule has 1 aliphatic carbocycles. The molecule has 1 aliphatic heterocycles. The van der Waals surface area contributed by atoms with Gasteiger partial charge in [0.25, 0.3) is 0 Å². The highest BCUT2D eigenvalue weighted by Gasteiger charge is 2.41. The molecular formula is C20H30Cl2N2O2. The van der Waals surface area contributed by atoms with Crippen LogP contribution in [0, 0.1) is 5.41 Å². The molecule has 3 rings (SSSR count). The second kappa shape index (κ2) is 9.41. The SMILES string of the molecule is Cl.NCC1(C(=O)NCC2(c3ccc(Cl)cc3)CCCCC2)CCOCC1. The summed E-state index contributed by atoms with van der Waals surface area (Å²) in [6, 6.07) is 8.14. The van der Waals surface area contributed by atoms with Crippen LogP contribution in [0.2, 0.25) is 5.02 Å². The van der Waals surface area contributed by atoms with Gasteiger partial charge in [-0.1, -0.05) is 43.0 Å². The van der Waals surface area contributed by atoms with E-state index in [-0.39, 0.29) is 23.7 Å². The maximum absolute atomic E-state index is 13.0. The highest BCUT2D eigenvalue weighted by atomic mass is 35.5. The molecule has 0 bridgehead atoms. The van der Waals surface area contributed by atoms with Crippen LogP contribution in [0.1, 0.15) is 50.5 Å². The van der Waals surface area contributed by atoms with Crippen LogP contribution in [0.15, 0.2) is 24.3 Å². The van der Waals surface area contributed by atoms with Gasteiger partial charge in [0.15, 0.2) is 0 Å². The zero-order chi connectivity index (χ0) is 17.8. The standard InChI is InChI=1S/C20H29ClN2O2.ClH/c21-17-6-4-16(5-7-17)20(8-2-1-3-9-20)15-23-18(24)19(14-22)10-12-25-13-11-19;/h4-7H,1-3,8-15,22H2,(H,23,24);1H. The molecule has 1 heterocycles. The number of hydrogen-bond donors (Lipinski definition) is 2. The lowest BCUT2D eigenvalue weighted by Crippen LogP contribution is -2.52. The van der Waals surface area contributed by atoms with Crippen LogP contribution in [0.25, 0.3) is 0 Å². The predicted molar refractivity (Wildman–Crippen MR) is 108 cm³/mol. The van der Waals surface area contributed by atoms with E-state index in [0.717, 1.165) is 17.9 Å². The van der Waals surface area contributed by atoms with Gasteiger partial charge in [-0.2, -0.15) is 0 Å². The Morgan fingerprint density at radius 1 is 1.08 bits per heavy atom. The Morgan fingerprint density at radius 2 is 1.69 bits per heavy atom. The number of hydrogen-bond acceptors (Lipinski definition) is 3. The van der Waals surface area contributed by atoms with E-state index >= 15 is 0 Å². The third-order valence-corrected chi connectivity index (χ3v) is 6.43. The van der Waals surface area contributed by atoms with Gasteiger partial charge in [0.05, 0.1) is 5.41 Å². The highest BCUT2D eigenvalue weighted by molar-refractivity contribution is 6.30. The molecule has 0 aromatic heterocycles. The summed E-state index contributed by atoms with van der Waals surface area (Å²) in [5.74, 6) is 0.0946. The van der Waals surface area contributed by atoms with Crippen LogP contribution in [-0.4, -0.2) is 32.2 Å². The molecule has 0 radical (unpaired) electrons. The fraction of sp³-hybridized carbons (Fsp3) is 0.650. The van der Waals surface area contributed by atoms with E-state index < -0.39 is 5.41 Å². The normalized spacial score (nSPS) is 21.5. The number of benzene rings is 1. The number of nitrogens with one attached hydrogen (secondary N) is 1. The molecule has 26 heavy (non-hydrogen) atoms. The van der Waals surface area contributed by atoms with Gasteiger partial charge in [-0.25, -0.2) is 0 Å². The Kier molecular flexibility index (Phi) is 7.77. The first-order chi connectivity index (χ1) is 12.1. The second-order valence-electron chi connectivity index (χ2n) is 7.63. The average Bonchev–Trinajstić information content (AvgIpc) is 2.68. The van der Waals surface area contributed by atoms with Crippen LogP contribution in [-0.2, 0) is 14.9 Å². The number of halogens is 2. The zero-order valence-electron chi connectivity index (χ0n) is 15.3. The smallest absolute Gasteiger partial charge is 0.227 e. The molecule has 6 heteroatoms. The van der Waals surface area contributed by atoms with E-state index in [0.29, 0.717) is 39.1 Å². The molecule has 0 atom stereocenters. The lowest BCUT2D eigenvalue weighted by Gasteiger charge is -2.40. The number of carbonyl (C=O) groups excluding carboxylic acids is 1. The average molecular weight is 401 g/mol. The first kappa shape index (κ1) is 21.5. The maximum atomic E-state index is 13.0. The molecule has 1 saturated carbocycles. The third-order valence-electron chi connectivity index (χ3n) is 6.18. The molecule has 1 amide bonds. The molecule has 1 saturated heterocycles. The van der Waals surface area contributed by atoms with Gasteiger partial charge in [0, 0.05) is 36.7 Å². The monoisotopic (exact) mass is 400 g/mol. The van der Waals surface area contributed by atoms with Crippen LogP contribution in [0.3, 0.4) is 0 Å². The minimum absolute atomic E-state index is 0. The fourth-order valence-corrected chi connectivity index (χ4v) is 4.45. The van der Waals surface area contributed by atoms with Gasteiger partial charge in [-0.3, -0.25) is 4.79 Å². The van der Waals surface area contributed by atoms with Crippen molar-refractivity contribution in [2.45, 2.75) is 50.4 Å². The molecule has 4 nitrogen and oxygen atoms in total. The lowest BCUT2D eigenvalue weighted by atomic mass is 9.69. The van der Waals surface area contributed by atoms with Crippen molar-refractivity contribution in [3.63, 3.8) is 0 Å². The summed E-state index contributed by atoms with van der Waals surface area (Å²) in [5.41, 5.74) is 6.81. The van der Waals surface area contributed by atoms with Gasteiger partial charge in [-0.15, -0.1) is 12.4 Å². The van der Waals surface area contributed by atoms with Crippen molar-refractivity contribution < 1.29 is 9.53 Å². The number of rotatable bonds is 5. The zero-order valence-corrected chi connectivity index (χ0v) is 16.8. The van der Waals surface area contributed by atoms with Gasteiger partial charge in [0.1, 0.15) is 0 Å². The van der Waals surface area contributed by atoms with Crippen LogP contribution in [0.5, 0.6) is 0 Å². The Balaban J connectivity index is 0.00000243. The Morgan fingerprint density at radius 3 is 2.27 bits per heavy atom. The third kappa shape index (κ3) is 4.53. The minimum atomic E-state index is -0.464. The second-order valence-corrected chi connectivity index (χ2v) is 8.06. The van der Waals surface area contributed by atoms with Gasteiger partial charge < -0.3 is 15.8 Å². The molecule has 0 spiro atoms. The summed E-state index contributed by atoms with van der Waals surface area (Å²) in [4.78, 5) is 13.0. The minimum Gasteiger partial charge on any atom is -0.381 e. The van der Waals surface area contributed by atoms with Gasteiger partial charge in [-0.05, 0) is 43.4 Å². The highest BCUT2D eigenvalue weighted by Crippen LogP contribution is 2.40. The number of ether oxygens (including phenoxy) is 1. The topological polar surface area (TPSA) is 64.4 Å².